The van der Waals surface area contributed by atoms with Gasteiger partial charge in [0.15, 0.2) is 0 Å². The number of para-hydroxylation sites is 1. The third-order valence-electron chi connectivity index (χ3n) is 6.57. The van der Waals surface area contributed by atoms with E-state index < -0.39 is 8.07 Å². The maximum absolute atomic E-state index is 5.07. The summed E-state index contributed by atoms with van der Waals surface area (Å²) in [7, 11) is -1.38. The fraction of sp³-hybridized carbons (Fsp3) is 0.346. The third-order valence-corrected chi connectivity index (χ3v) is 8.62. The summed E-state index contributed by atoms with van der Waals surface area (Å²) in [5, 5.41) is 4.26. The maximum Gasteiger partial charge on any atom is 0.0799 e. The molecule has 0 fully saturated rings. The summed E-state index contributed by atoms with van der Waals surface area (Å²) in [5.74, 6) is 0. The van der Waals surface area contributed by atoms with Crippen LogP contribution in [0.5, 0.6) is 0 Å². The minimum absolute atomic E-state index is 0.988. The molecule has 0 atom stereocenters. The number of hydrogen-bond donors (Lipinski definition) is 0. The summed E-state index contributed by atoms with van der Waals surface area (Å²) in [6, 6.07) is 15.8. The summed E-state index contributed by atoms with van der Waals surface area (Å²) >= 11 is 0. The van der Waals surface area contributed by atoms with E-state index in [-0.39, 0.29) is 0 Å². The second-order valence-electron chi connectivity index (χ2n) is 9.43. The van der Waals surface area contributed by atoms with E-state index >= 15 is 0 Å². The molecule has 0 saturated heterocycles. The molecule has 0 saturated carbocycles. The fourth-order valence-electron chi connectivity index (χ4n) is 5.19. The first-order valence-electron chi connectivity index (χ1n) is 11.0. The van der Waals surface area contributed by atoms with Crippen molar-refractivity contribution in [3.63, 3.8) is 0 Å². The second-order valence-corrected chi connectivity index (χ2v) is 14.5. The zero-order valence-corrected chi connectivity index (χ0v) is 19.0. The van der Waals surface area contributed by atoms with E-state index in [0.717, 1.165) is 6.54 Å². The lowest BCUT2D eigenvalue weighted by molar-refractivity contribution is 0.686. The summed E-state index contributed by atoms with van der Waals surface area (Å²) in [4.78, 5) is 5.07. The third kappa shape index (κ3) is 2.95. The van der Waals surface area contributed by atoms with E-state index in [0.29, 0.717) is 0 Å². The quantitative estimate of drug-likeness (QED) is 0.370. The Morgan fingerprint density at radius 3 is 2.38 bits per heavy atom. The van der Waals surface area contributed by atoms with Crippen LogP contribution in [0.3, 0.4) is 0 Å². The highest BCUT2D eigenvalue weighted by atomic mass is 28.3. The standard InChI is InChI=1S/C26H30N2Si/c1-5-28-23-13-9-8-10-19(23)22-16-18(14-15-24(22)28)26-21-12-7-6-11-20(21)25(17-27-26)29(2,3)4/h8-10,13-17H,5-7,11-12H2,1-4H3. The molecule has 1 aliphatic carbocycles. The van der Waals surface area contributed by atoms with Crippen molar-refractivity contribution in [3.05, 3.63) is 59.8 Å². The Morgan fingerprint density at radius 1 is 0.897 bits per heavy atom. The number of pyridine rings is 1. The molecule has 4 aromatic rings. The molecule has 2 nitrogen and oxygen atoms in total. The van der Waals surface area contributed by atoms with Gasteiger partial charge in [-0.15, -0.1) is 0 Å². The molecule has 0 aliphatic heterocycles. The summed E-state index contributed by atoms with van der Waals surface area (Å²) in [6.45, 7) is 10.6. The lowest BCUT2D eigenvalue weighted by Crippen LogP contribution is -2.42. The minimum atomic E-state index is -1.38. The Labute approximate surface area is 174 Å². The Kier molecular flexibility index (Phi) is 4.39. The molecule has 1 aliphatic rings. The molecular formula is C26H30N2Si. The van der Waals surface area contributed by atoms with Gasteiger partial charge in [-0.3, -0.25) is 4.98 Å². The van der Waals surface area contributed by atoms with Crippen LogP contribution >= 0.6 is 0 Å². The van der Waals surface area contributed by atoms with Gasteiger partial charge < -0.3 is 4.57 Å². The van der Waals surface area contributed by atoms with Crippen molar-refractivity contribution in [1.29, 1.82) is 0 Å². The van der Waals surface area contributed by atoms with Crippen LogP contribution in [0.4, 0.5) is 0 Å². The van der Waals surface area contributed by atoms with Crippen molar-refractivity contribution in [3.8, 4) is 11.3 Å². The van der Waals surface area contributed by atoms with Gasteiger partial charge in [-0.05, 0) is 67.1 Å². The molecule has 2 heterocycles. The highest BCUT2D eigenvalue weighted by Gasteiger charge is 2.26. The fourth-order valence-corrected chi connectivity index (χ4v) is 6.82. The van der Waals surface area contributed by atoms with Gasteiger partial charge in [0, 0.05) is 40.1 Å². The Morgan fingerprint density at radius 2 is 1.62 bits per heavy atom. The first-order valence-corrected chi connectivity index (χ1v) is 14.5. The molecule has 0 unspecified atom stereocenters. The number of aromatic nitrogens is 2. The molecule has 3 heteroatoms. The highest BCUT2D eigenvalue weighted by molar-refractivity contribution is 6.89. The van der Waals surface area contributed by atoms with Crippen molar-refractivity contribution in [1.82, 2.24) is 9.55 Å². The molecule has 29 heavy (non-hydrogen) atoms. The van der Waals surface area contributed by atoms with Crippen LogP contribution in [-0.2, 0) is 19.4 Å². The molecule has 0 radical (unpaired) electrons. The predicted molar refractivity (Wildman–Crippen MR) is 128 cm³/mol. The summed E-state index contributed by atoms with van der Waals surface area (Å²) < 4.78 is 2.42. The van der Waals surface area contributed by atoms with Crippen LogP contribution in [0.25, 0.3) is 33.1 Å². The molecule has 0 spiro atoms. The molecule has 5 rings (SSSR count). The average molecular weight is 399 g/mol. The molecule has 148 valence electrons. The molecule has 0 bridgehead atoms. The van der Waals surface area contributed by atoms with E-state index in [4.69, 9.17) is 4.98 Å². The monoisotopic (exact) mass is 398 g/mol. The van der Waals surface area contributed by atoms with Crippen LogP contribution < -0.4 is 5.19 Å². The van der Waals surface area contributed by atoms with Crippen LogP contribution in [0.15, 0.2) is 48.7 Å². The average Bonchev–Trinajstić information content (AvgIpc) is 3.05. The number of nitrogens with zero attached hydrogens (tertiary/aromatic N) is 2. The van der Waals surface area contributed by atoms with Crippen molar-refractivity contribution < 1.29 is 0 Å². The van der Waals surface area contributed by atoms with Gasteiger partial charge in [0.2, 0.25) is 0 Å². The summed E-state index contributed by atoms with van der Waals surface area (Å²) in [6.07, 6.45) is 7.21. The van der Waals surface area contributed by atoms with Gasteiger partial charge in [0.05, 0.1) is 13.8 Å². The van der Waals surface area contributed by atoms with Gasteiger partial charge in [0.1, 0.15) is 0 Å². The first-order chi connectivity index (χ1) is 14.0. The molecule has 0 amide bonds. The SMILES string of the molecule is CCn1c2ccccc2c2cc(-c3ncc([Si](C)(C)C)c4c3CCCC4)ccc21. The number of hydrogen-bond acceptors (Lipinski definition) is 1. The lowest BCUT2D eigenvalue weighted by atomic mass is 9.88. The minimum Gasteiger partial charge on any atom is -0.341 e. The van der Waals surface area contributed by atoms with Gasteiger partial charge in [-0.25, -0.2) is 0 Å². The lowest BCUT2D eigenvalue weighted by Gasteiger charge is -2.27. The van der Waals surface area contributed by atoms with Gasteiger partial charge in [-0.2, -0.15) is 0 Å². The van der Waals surface area contributed by atoms with Crippen molar-refractivity contribution in [2.24, 2.45) is 0 Å². The molecule has 2 aromatic carbocycles. The van der Waals surface area contributed by atoms with E-state index in [2.05, 4.69) is 79.8 Å². The van der Waals surface area contributed by atoms with Crippen LogP contribution in [0.1, 0.15) is 30.9 Å². The zero-order chi connectivity index (χ0) is 20.2. The number of benzene rings is 2. The molecule has 2 aromatic heterocycles. The zero-order valence-electron chi connectivity index (χ0n) is 18.0. The largest absolute Gasteiger partial charge is 0.341 e. The second kappa shape index (κ2) is 6.84. The van der Waals surface area contributed by atoms with E-state index in [1.54, 1.807) is 10.8 Å². The number of rotatable bonds is 3. The predicted octanol–water partition coefficient (Wildman–Crippen LogP) is 6.30. The molecular weight excluding hydrogens is 368 g/mol. The number of fused-ring (bicyclic) bond motifs is 4. The van der Waals surface area contributed by atoms with Crippen molar-refractivity contribution >= 4 is 35.1 Å². The Balaban J connectivity index is 1.75. The molecule has 0 N–H and O–H groups in total. The first kappa shape index (κ1) is 18.6. The summed E-state index contributed by atoms with van der Waals surface area (Å²) in [5.41, 5.74) is 8.29. The van der Waals surface area contributed by atoms with Crippen molar-refractivity contribution in [2.45, 2.75) is 58.8 Å². The maximum atomic E-state index is 5.07. The van der Waals surface area contributed by atoms with E-state index in [1.165, 1.54) is 64.3 Å². The van der Waals surface area contributed by atoms with Crippen LogP contribution in [-0.4, -0.2) is 17.6 Å². The van der Waals surface area contributed by atoms with Crippen LogP contribution in [0, 0.1) is 0 Å². The van der Waals surface area contributed by atoms with E-state index in [9.17, 15) is 0 Å². The van der Waals surface area contributed by atoms with E-state index in [1.807, 2.05) is 0 Å². The van der Waals surface area contributed by atoms with Gasteiger partial charge >= 0.3 is 0 Å². The Hall–Kier alpha value is -2.39. The van der Waals surface area contributed by atoms with Gasteiger partial charge in [0.25, 0.3) is 0 Å². The van der Waals surface area contributed by atoms with Crippen molar-refractivity contribution in [2.75, 3.05) is 0 Å². The number of aryl methyl sites for hydroxylation is 1. The topological polar surface area (TPSA) is 17.8 Å². The van der Waals surface area contributed by atoms with Crippen LogP contribution in [0.2, 0.25) is 19.6 Å². The van der Waals surface area contributed by atoms with Gasteiger partial charge in [-0.1, -0.05) is 43.9 Å². The highest BCUT2D eigenvalue weighted by Crippen LogP contribution is 2.35. The normalized spacial score (nSPS) is 14.5. The smallest absolute Gasteiger partial charge is 0.0799 e. The Bertz CT molecular complexity index is 1230.